The molecule has 0 aromatic carbocycles. The van der Waals surface area contributed by atoms with Crippen molar-refractivity contribution in [1.82, 2.24) is 14.3 Å². The van der Waals surface area contributed by atoms with E-state index < -0.39 is 11.9 Å². The molecule has 0 saturated carbocycles. The van der Waals surface area contributed by atoms with Crippen LogP contribution in [0.15, 0.2) is 18.3 Å². The molecule has 0 aliphatic carbocycles. The third-order valence-corrected chi connectivity index (χ3v) is 4.37. The molecule has 7 heteroatoms. The highest BCUT2D eigenvalue weighted by Gasteiger charge is 2.29. The average Bonchev–Trinajstić information content (AvgIpc) is 3.17. The molecule has 122 valence electrons. The van der Waals surface area contributed by atoms with Crippen LogP contribution in [0.25, 0.3) is 5.52 Å². The SMILES string of the molecule is CCN1CCC(c2nc(C(=O)O)c3ccc(C(=O)OC)cn23)C1. The van der Waals surface area contributed by atoms with Crippen molar-refractivity contribution < 1.29 is 19.4 Å². The highest BCUT2D eigenvalue weighted by atomic mass is 16.5. The van der Waals surface area contributed by atoms with Crippen molar-refractivity contribution in [3.63, 3.8) is 0 Å². The Kier molecular flexibility index (Phi) is 4.04. The molecule has 1 atom stereocenters. The highest BCUT2D eigenvalue weighted by molar-refractivity contribution is 5.95. The number of hydrogen-bond donors (Lipinski definition) is 1. The van der Waals surface area contributed by atoms with E-state index in [1.807, 2.05) is 0 Å². The number of likely N-dealkylation sites (N-methyl/N-ethyl adjacent to an activating group) is 1. The molecule has 0 radical (unpaired) electrons. The minimum Gasteiger partial charge on any atom is -0.476 e. The summed E-state index contributed by atoms with van der Waals surface area (Å²) in [5.41, 5.74) is 0.891. The summed E-state index contributed by atoms with van der Waals surface area (Å²) in [7, 11) is 1.32. The number of methoxy groups -OCH3 is 1. The predicted molar refractivity (Wildman–Crippen MR) is 83.0 cm³/mol. The Morgan fingerprint density at radius 3 is 2.83 bits per heavy atom. The molecule has 1 saturated heterocycles. The van der Waals surface area contributed by atoms with E-state index in [0.717, 1.165) is 26.1 Å². The summed E-state index contributed by atoms with van der Waals surface area (Å²) in [6, 6.07) is 3.17. The van der Waals surface area contributed by atoms with Crippen LogP contribution in [-0.4, -0.2) is 58.1 Å². The summed E-state index contributed by atoms with van der Waals surface area (Å²) in [5.74, 6) is -0.669. The van der Waals surface area contributed by atoms with Gasteiger partial charge in [-0.3, -0.25) is 0 Å². The van der Waals surface area contributed by atoms with Gasteiger partial charge in [0.1, 0.15) is 5.82 Å². The van der Waals surface area contributed by atoms with E-state index in [9.17, 15) is 14.7 Å². The number of carboxylic acids is 1. The number of hydrogen-bond acceptors (Lipinski definition) is 5. The highest BCUT2D eigenvalue weighted by Crippen LogP contribution is 2.28. The van der Waals surface area contributed by atoms with Gasteiger partial charge in [0.2, 0.25) is 0 Å². The van der Waals surface area contributed by atoms with Gasteiger partial charge in [-0.1, -0.05) is 6.92 Å². The number of likely N-dealkylation sites (tertiary alicyclic amines) is 1. The van der Waals surface area contributed by atoms with Crippen molar-refractivity contribution in [2.45, 2.75) is 19.3 Å². The van der Waals surface area contributed by atoms with E-state index in [-0.39, 0.29) is 11.6 Å². The van der Waals surface area contributed by atoms with Gasteiger partial charge in [0.05, 0.1) is 18.2 Å². The third-order valence-electron chi connectivity index (χ3n) is 4.37. The van der Waals surface area contributed by atoms with E-state index in [1.54, 1.807) is 22.7 Å². The molecule has 2 aromatic rings. The molecule has 1 fully saturated rings. The number of nitrogens with zero attached hydrogens (tertiary/aromatic N) is 3. The van der Waals surface area contributed by atoms with Crippen molar-refractivity contribution in [1.29, 1.82) is 0 Å². The van der Waals surface area contributed by atoms with E-state index in [2.05, 4.69) is 16.8 Å². The standard InChI is InChI=1S/C16H19N3O4/c1-3-18-7-6-10(8-18)14-17-13(15(20)21)12-5-4-11(9-19(12)14)16(22)23-2/h4-5,9-10H,3,6-8H2,1-2H3,(H,20,21). The summed E-state index contributed by atoms with van der Waals surface area (Å²) < 4.78 is 6.46. The zero-order valence-electron chi connectivity index (χ0n) is 13.2. The first kappa shape index (κ1) is 15.5. The number of fused-ring (bicyclic) bond motifs is 1. The molecule has 7 nitrogen and oxygen atoms in total. The van der Waals surface area contributed by atoms with Crippen LogP contribution in [0.3, 0.4) is 0 Å². The van der Waals surface area contributed by atoms with Crippen molar-refractivity contribution in [2.24, 2.45) is 0 Å². The lowest BCUT2D eigenvalue weighted by molar-refractivity contribution is 0.0599. The Morgan fingerprint density at radius 1 is 1.43 bits per heavy atom. The molecular formula is C16H19N3O4. The maximum absolute atomic E-state index is 11.7. The van der Waals surface area contributed by atoms with Crippen LogP contribution in [0.1, 0.15) is 45.9 Å². The minimum absolute atomic E-state index is 0.0198. The largest absolute Gasteiger partial charge is 0.476 e. The first-order chi connectivity index (χ1) is 11.0. The molecule has 1 N–H and O–H groups in total. The first-order valence-electron chi connectivity index (χ1n) is 7.61. The number of esters is 1. The van der Waals surface area contributed by atoms with Crippen molar-refractivity contribution in [2.75, 3.05) is 26.7 Å². The molecule has 1 unspecified atom stereocenters. The minimum atomic E-state index is -1.06. The predicted octanol–water partition coefficient (Wildman–Crippen LogP) is 1.63. The van der Waals surface area contributed by atoms with Crippen LogP contribution in [0, 0.1) is 0 Å². The lowest BCUT2D eigenvalue weighted by Crippen LogP contribution is -2.19. The van der Waals surface area contributed by atoms with Crippen LogP contribution in [0.5, 0.6) is 0 Å². The molecule has 0 bridgehead atoms. The molecule has 3 heterocycles. The van der Waals surface area contributed by atoms with E-state index >= 15 is 0 Å². The topological polar surface area (TPSA) is 84.1 Å². The summed E-state index contributed by atoms with van der Waals surface area (Å²) in [6.07, 6.45) is 2.54. The molecule has 3 rings (SSSR count). The number of carbonyl (C=O) groups is 2. The zero-order valence-corrected chi connectivity index (χ0v) is 13.2. The van der Waals surface area contributed by atoms with Gasteiger partial charge in [-0.25, -0.2) is 14.6 Å². The van der Waals surface area contributed by atoms with Gasteiger partial charge >= 0.3 is 11.9 Å². The van der Waals surface area contributed by atoms with Crippen LogP contribution in [-0.2, 0) is 4.74 Å². The number of pyridine rings is 1. The number of rotatable bonds is 4. The molecule has 23 heavy (non-hydrogen) atoms. The normalized spacial score (nSPS) is 18.4. The Labute approximate surface area is 133 Å². The van der Waals surface area contributed by atoms with Crippen molar-refractivity contribution >= 4 is 17.5 Å². The molecule has 1 aliphatic heterocycles. The van der Waals surface area contributed by atoms with Gasteiger partial charge in [-0.05, 0) is 31.6 Å². The first-order valence-corrected chi connectivity index (χ1v) is 7.61. The van der Waals surface area contributed by atoms with Crippen molar-refractivity contribution in [3.05, 3.63) is 35.4 Å². The van der Waals surface area contributed by atoms with E-state index in [4.69, 9.17) is 4.74 Å². The lowest BCUT2D eigenvalue weighted by atomic mass is 10.1. The van der Waals surface area contributed by atoms with Gasteiger partial charge in [-0.2, -0.15) is 0 Å². The fourth-order valence-corrected chi connectivity index (χ4v) is 3.12. The van der Waals surface area contributed by atoms with E-state index in [1.165, 1.54) is 7.11 Å². The van der Waals surface area contributed by atoms with Gasteiger partial charge in [0.15, 0.2) is 5.69 Å². The second-order valence-electron chi connectivity index (χ2n) is 5.67. The number of carbonyl (C=O) groups excluding carboxylic acids is 1. The molecule has 1 aliphatic rings. The molecular weight excluding hydrogens is 298 g/mol. The fraction of sp³-hybridized carbons (Fsp3) is 0.438. The van der Waals surface area contributed by atoms with Crippen LogP contribution < -0.4 is 0 Å². The average molecular weight is 317 g/mol. The second-order valence-corrected chi connectivity index (χ2v) is 5.67. The maximum Gasteiger partial charge on any atom is 0.356 e. The number of aromatic carboxylic acids is 1. The van der Waals surface area contributed by atoms with Crippen LogP contribution in [0.4, 0.5) is 0 Å². The number of aromatic nitrogens is 2. The number of imidazole rings is 1. The van der Waals surface area contributed by atoms with Crippen LogP contribution in [0.2, 0.25) is 0 Å². The Hall–Kier alpha value is -2.41. The zero-order chi connectivity index (χ0) is 16.6. The Bertz CT molecular complexity index is 768. The lowest BCUT2D eigenvalue weighted by Gasteiger charge is -2.12. The Morgan fingerprint density at radius 2 is 2.22 bits per heavy atom. The monoisotopic (exact) mass is 317 g/mol. The fourth-order valence-electron chi connectivity index (χ4n) is 3.12. The summed E-state index contributed by atoms with van der Waals surface area (Å²) >= 11 is 0. The van der Waals surface area contributed by atoms with Crippen LogP contribution >= 0.6 is 0 Å². The van der Waals surface area contributed by atoms with Crippen molar-refractivity contribution in [3.8, 4) is 0 Å². The van der Waals surface area contributed by atoms with E-state index in [0.29, 0.717) is 16.9 Å². The molecule has 0 spiro atoms. The number of ether oxygens (including phenoxy) is 1. The smallest absolute Gasteiger partial charge is 0.356 e. The molecule has 2 aromatic heterocycles. The molecule has 0 amide bonds. The number of carboxylic acid groups (broad SMARTS) is 1. The maximum atomic E-state index is 11.7. The summed E-state index contributed by atoms with van der Waals surface area (Å²) in [5, 5.41) is 9.38. The second kappa shape index (κ2) is 6.00. The third kappa shape index (κ3) is 2.68. The summed E-state index contributed by atoms with van der Waals surface area (Å²) in [4.78, 5) is 29.9. The van der Waals surface area contributed by atoms with Gasteiger partial charge in [0.25, 0.3) is 0 Å². The van der Waals surface area contributed by atoms with Gasteiger partial charge < -0.3 is 19.1 Å². The quantitative estimate of drug-likeness (QED) is 0.863. The van der Waals surface area contributed by atoms with Gasteiger partial charge in [-0.15, -0.1) is 0 Å². The Balaban J connectivity index is 2.11. The van der Waals surface area contributed by atoms with Gasteiger partial charge in [0, 0.05) is 18.7 Å². The summed E-state index contributed by atoms with van der Waals surface area (Å²) in [6.45, 7) is 4.87.